The maximum atomic E-state index is 11.8. The summed E-state index contributed by atoms with van der Waals surface area (Å²) < 4.78 is 16.7. The van der Waals surface area contributed by atoms with E-state index in [9.17, 15) is 9.00 Å². The SMILES string of the molecule is CCCCNC(=O)Nc1cccc(C[S@](=O)CCOC)c1. The largest absolute Gasteiger partial charge is 0.384 e. The highest BCUT2D eigenvalue weighted by Crippen LogP contribution is 2.12. The number of rotatable bonds is 9. The van der Waals surface area contributed by atoms with E-state index in [1.54, 1.807) is 7.11 Å². The highest BCUT2D eigenvalue weighted by molar-refractivity contribution is 7.84. The lowest BCUT2D eigenvalue weighted by Crippen LogP contribution is -2.29. The molecule has 0 aromatic heterocycles. The number of ether oxygens (including phenoxy) is 1. The molecule has 2 amide bonds. The van der Waals surface area contributed by atoms with Crippen molar-refractivity contribution in [3.8, 4) is 0 Å². The average Bonchev–Trinajstić information content (AvgIpc) is 2.45. The molecular formula is C15H24N2O3S. The van der Waals surface area contributed by atoms with Crippen LogP contribution in [-0.4, -0.2) is 36.3 Å². The minimum Gasteiger partial charge on any atom is -0.384 e. The molecular weight excluding hydrogens is 288 g/mol. The Morgan fingerprint density at radius 2 is 2.19 bits per heavy atom. The number of nitrogens with one attached hydrogen (secondary N) is 2. The van der Waals surface area contributed by atoms with E-state index in [0.717, 1.165) is 18.4 Å². The molecule has 1 rings (SSSR count). The first-order valence-corrected chi connectivity index (χ1v) is 8.62. The maximum absolute atomic E-state index is 11.8. The molecule has 1 atom stereocenters. The molecule has 0 radical (unpaired) electrons. The lowest BCUT2D eigenvalue weighted by molar-refractivity contribution is 0.218. The Labute approximate surface area is 128 Å². The van der Waals surface area contributed by atoms with Gasteiger partial charge in [0, 0.05) is 41.6 Å². The molecule has 0 unspecified atom stereocenters. The summed E-state index contributed by atoms with van der Waals surface area (Å²) in [4.78, 5) is 11.7. The zero-order chi connectivity index (χ0) is 15.5. The Balaban J connectivity index is 2.48. The maximum Gasteiger partial charge on any atom is 0.319 e. The third-order valence-corrected chi connectivity index (χ3v) is 4.12. The summed E-state index contributed by atoms with van der Waals surface area (Å²) in [5, 5.41) is 5.58. The molecule has 1 aromatic rings. The zero-order valence-corrected chi connectivity index (χ0v) is 13.5. The number of benzene rings is 1. The Bertz CT molecular complexity index is 466. The molecule has 0 aliphatic heterocycles. The van der Waals surface area contributed by atoms with Crippen molar-refractivity contribution in [1.82, 2.24) is 5.32 Å². The van der Waals surface area contributed by atoms with Crippen molar-refractivity contribution in [2.24, 2.45) is 0 Å². The van der Waals surface area contributed by atoms with Gasteiger partial charge in [-0.15, -0.1) is 0 Å². The lowest BCUT2D eigenvalue weighted by atomic mass is 10.2. The molecule has 21 heavy (non-hydrogen) atoms. The fourth-order valence-electron chi connectivity index (χ4n) is 1.73. The second kappa shape index (κ2) is 10.3. The predicted molar refractivity (Wildman–Crippen MR) is 87.0 cm³/mol. The van der Waals surface area contributed by atoms with E-state index in [-0.39, 0.29) is 6.03 Å². The van der Waals surface area contributed by atoms with Crippen LogP contribution < -0.4 is 10.6 Å². The minimum absolute atomic E-state index is 0.207. The van der Waals surface area contributed by atoms with Crippen LogP contribution in [-0.2, 0) is 21.3 Å². The van der Waals surface area contributed by atoms with E-state index >= 15 is 0 Å². The van der Waals surface area contributed by atoms with Gasteiger partial charge in [0.15, 0.2) is 0 Å². The molecule has 0 saturated heterocycles. The molecule has 2 N–H and O–H groups in total. The number of carbonyl (C=O) groups excluding carboxylic acids is 1. The summed E-state index contributed by atoms with van der Waals surface area (Å²) in [7, 11) is 0.645. The lowest BCUT2D eigenvalue weighted by Gasteiger charge is -2.09. The van der Waals surface area contributed by atoms with E-state index in [4.69, 9.17) is 4.74 Å². The Hall–Kier alpha value is -1.40. The molecule has 0 bridgehead atoms. The van der Waals surface area contributed by atoms with E-state index in [0.29, 0.717) is 30.3 Å². The van der Waals surface area contributed by atoms with Crippen LogP contribution in [0.3, 0.4) is 0 Å². The third-order valence-electron chi connectivity index (χ3n) is 2.84. The molecule has 0 aliphatic rings. The van der Waals surface area contributed by atoms with Crippen LogP contribution in [0.4, 0.5) is 10.5 Å². The van der Waals surface area contributed by atoms with Crippen LogP contribution in [0, 0.1) is 0 Å². The third kappa shape index (κ3) is 7.82. The van der Waals surface area contributed by atoms with Crippen molar-refractivity contribution in [2.45, 2.75) is 25.5 Å². The summed E-state index contributed by atoms with van der Waals surface area (Å²) in [6.45, 7) is 3.24. The second-order valence-electron chi connectivity index (χ2n) is 4.72. The highest BCUT2D eigenvalue weighted by Gasteiger charge is 2.05. The van der Waals surface area contributed by atoms with Crippen LogP contribution in [0.15, 0.2) is 24.3 Å². The Morgan fingerprint density at radius 3 is 2.90 bits per heavy atom. The van der Waals surface area contributed by atoms with Gasteiger partial charge in [0.25, 0.3) is 0 Å². The van der Waals surface area contributed by atoms with E-state index < -0.39 is 10.8 Å². The van der Waals surface area contributed by atoms with Gasteiger partial charge in [-0.25, -0.2) is 4.79 Å². The monoisotopic (exact) mass is 312 g/mol. The first-order valence-electron chi connectivity index (χ1n) is 7.13. The van der Waals surface area contributed by atoms with Crippen LogP contribution in [0.2, 0.25) is 0 Å². The van der Waals surface area contributed by atoms with Gasteiger partial charge in [-0.2, -0.15) is 0 Å². The summed E-state index contributed by atoms with van der Waals surface area (Å²) in [6.07, 6.45) is 2.01. The standard InChI is InChI=1S/C15H24N2O3S/c1-3-4-8-16-15(18)17-14-7-5-6-13(11-14)12-21(19)10-9-20-2/h5-7,11H,3-4,8-10,12H2,1-2H3,(H2,16,17,18)/t21-/m1/s1. The first-order chi connectivity index (χ1) is 10.2. The molecule has 118 valence electrons. The molecule has 0 spiro atoms. The van der Waals surface area contributed by atoms with Crippen molar-refractivity contribution in [2.75, 3.05) is 31.3 Å². The zero-order valence-electron chi connectivity index (χ0n) is 12.7. The summed E-state index contributed by atoms with van der Waals surface area (Å²) in [5.74, 6) is 0.988. The highest BCUT2D eigenvalue weighted by atomic mass is 32.2. The van der Waals surface area contributed by atoms with Gasteiger partial charge in [0.2, 0.25) is 0 Å². The Morgan fingerprint density at radius 1 is 1.38 bits per heavy atom. The van der Waals surface area contributed by atoms with Gasteiger partial charge < -0.3 is 15.4 Å². The van der Waals surface area contributed by atoms with Gasteiger partial charge in [0.05, 0.1) is 6.61 Å². The van der Waals surface area contributed by atoms with Crippen molar-refractivity contribution >= 4 is 22.5 Å². The fourth-order valence-corrected chi connectivity index (χ4v) is 2.78. The summed E-state index contributed by atoms with van der Waals surface area (Å²) >= 11 is 0. The number of methoxy groups -OCH3 is 1. The molecule has 6 heteroatoms. The van der Waals surface area contributed by atoms with E-state index in [2.05, 4.69) is 17.6 Å². The van der Waals surface area contributed by atoms with E-state index in [1.165, 1.54) is 0 Å². The van der Waals surface area contributed by atoms with Gasteiger partial charge in [0.1, 0.15) is 0 Å². The smallest absolute Gasteiger partial charge is 0.319 e. The molecule has 0 heterocycles. The van der Waals surface area contributed by atoms with E-state index in [1.807, 2.05) is 24.3 Å². The van der Waals surface area contributed by atoms with Gasteiger partial charge >= 0.3 is 6.03 Å². The molecule has 0 fully saturated rings. The number of unbranched alkanes of at least 4 members (excludes halogenated alkanes) is 1. The van der Waals surface area contributed by atoms with Crippen molar-refractivity contribution in [1.29, 1.82) is 0 Å². The average molecular weight is 312 g/mol. The van der Waals surface area contributed by atoms with Crippen molar-refractivity contribution < 1.29 is 13.7 Å². The number of carbonyl (C=O) groups is 1. The second-order valence-corrected chi connectivity index (χ2v) is 6.29. The number of hydrogen-bond acceptors (Lipinski definition) is 3. The van der Waals surface area contributed by atoms with Gasteiger partial charge in [-0.05, 0) is 24.1 Å². The number of amides is 2. The van der Waals surface area contributed by atoms with Crippen LogP contribution >= 0.6 is 0 Å². The molecule has 5 nitrogen and oxygen atoms in total. The number of anilines is 1. The quantitative estimate of drug-likeness (QED) is 0.688. The molecule has 1 aromatic carbocycles. The van der Waals surface area contributed by atoms with Gasteiger partial charge in [-0.3, -0.25) is 4.21 Å². The molecule has 0 saturated carbocycles. The normalized spacial score (nSPS) is 11.9. The molecule has 0 aliphatic carbocycles. The first kappa shape index (κ1) is 17.7. The van der Waals surface area contributed by atoms with Crippen molar-refractivity contribution in [3.05, 3.63) is 29.8 Å². The number of urea groups is 1. The minimum atomic E-state index is -0.951. The van der Waals surface area contributed by atoms with Crippen LogP contribution in [0.1, 0.15) is 25.3 Å². The van der Waals surface area contributed by atoms with Gasteiger partial charge in [-0.1, -0.05) is 25.5 Å². The van der Waals surface area contributed by atoms with Crippen molar-refractivity contribution in [3.63, 3.8) is 0 Å². The van der Waals surface area contributed by atoms with Crippen LogP contribution in [0.5, 0.6) is 0 Å². The Kier molecular flexibility index (Phi) is 8.69. The predicted octanol–water partition coefficient (Wildman–Crippen LogP) is 2.50. The fraction of sp³-hybridized carbons (Fsp3) is 0.533. The van der Waals surface area contributed by atoms with Crippen LogP contribution in [0.25, 0.3) is 0 Å². The topological polar surface area (TPSA) is 67.4 Å². The number of hydrogen-bond donors (Lipinski definition) is 2. The summed E-state index contributed by atoms with van der Waals surface area (Å²) in [6, 6.07) is 7.22. The summed E-state index contributed by atoms with van der Waals surface area (Å²) in [5.41, 5.74) is 1.65.